The normalized spacial score (nSPS) is 12.3. The smallest absolute Gasteiger partial charge is 0.138 e. The largest absolute Gasteiger partial charge is 0.496 e. The van der Waals surface area contributed by atoms with Gasteiger partial charge < -0.3 is 10.1 Å². The average molecular weight is 288 g/mol. The predicted molar refractivity (Wildman–Crippen MR) is 83.4 cm³/mol. The number of benzene rings is 1. The number of likely N-dealkylation sites (N-methyl/N-ethyl adjacent to an activating group) is 1. The van der Waals surface area contributed by atoms with E-state index in [2.05, 4.69) is 35.3 Å². The number of rotatable bonds is 8. The third-order valence-corrected chi connectivity index (χ3v) is 3.48. The van der Waals surface area contributed by atoms with Crippen molar-refractivity contribution in [3.63, 3.8) is 0 Å². The van der Waals surface area contributed by atoms with Gasteiger partial charge in [0.15, 0.2) is 0 Å². The van der Waals surface area contributed by atoms with Crippen LogP contribution in [0.4, 0.5) is 0 Å². The van der Waals surface area contributed by atoms with Crippen LogP contribution in [0.3, 0.4) is 0 Å². The summed E-state index contributed by atoms with van der Waals surface area (Å²) < 4.78 is 7.47. The summed E-state index contributed by atoms with van der Waals surface area (Å²) in [6, 6.07) is 8.30. The summed E-state index contributed by atoms with van der Waals surface area (Å²) in [7, 11) is 1.71. The predicted octanol–water partition coefficient (Wildman–Crippen LogP) is 2.59. The van der Waals surface area contributed by atoms with Crippen LogP contribution in [0.1, 0.15) is 37.7 Å². The molecule has 0 saturated heterocycles. The van der Waals surface area contributed by atoms with Gasteiger partial charge in [0.25, 0.3) is 0 Å². The first-order valence-corrected chi connectivity index (χ1v) is 7.53. The molecule has 0 saturated carbocycles. The molecule has 1 unspecified atom stereocenters. The number of hydrogen-bond donors (Lipinski definition) is 1. The minimum absolute atomic E-state index is 0.172. The fourth-order valence-corrected chi connectivity index (χ4v) is 2.52. The molecule has 5 nitrogen and oxygen atoms in total. The zero-order valence-corrected chi connectivity index (χ0v) is 13.0. The molecule has 0 amide bonds. The van der Waals surface area contributed by atoms with E-state index in [9.17, 15) is 0 Å². The minimum atomic E-state index is 0.172. The number of hydrogen-bond acceptors (Lipinski definition) is 4. The van der Waals surface area contributed by atoms with Crippen LogP contribution >= 0.6 is 0 Å². The highest BCUT2D eigenvalue weighted by Crippen LogP contribution is 2.27. The molecule has 1 heterocycles. The Bertz CT molecular complexity index is 553. The van der Waals surface area contributed by atoms with Gasteiger partial charge in [-0.05, 0) is 19.0 Å². The van der Waals surface area contributed by atoms with Crippen LogP contribution in [0.25, 0.3) is 0 Å². The van der Waals surface area contributed by atoms with Gasteiger partial charge in [-0.15, -0.1) is 0 Å². The maximum atomic E-state index is 5.49. The second kappa shape index (κ2) is 7.78. The maximum Gasteiger partial charge on any atom is 0.138 e. The van der Waals surface area contributed by atoms with E-state index < -0.39 is 0 Å². The molecule has 0 spiro atoms. The summed E-state index contributed by atoms with van der Waals surface area (Å²) in [6.45, 7) is 6.05. The molecular weight excluding hydrogens is 264 g/mol. The Kier molecular flexibility index (Phi) is 5.75. The summed E-state index contributed by atoms with van der Waals surface area (Å²) in [5.74, 6) is 1.92. The topological polar surface area (TPSA) is 52.0 Å². The molecule has 1 aromatic carbocycles. The molecule has 1 aromatic heterocycles. The van der Waals surface area contributed by atoms with Crippen molar-refractivity contribution in [1.82, 2.24) is 20.1 Å². The van der Waals surface area contributed by atoms with Crippen LogP contribution in [-0.4, -0.2) is 28.4 Å². The zero-order chi connectivity index (χ0) is 15.1. The first-order valence-electron chi connectivity index (χ1n) is 7.53. The fourth-order valence-electron chi connectivity index (χ4n) is 2.52. The Labute approximate surface area is 126 Å². The highest BCUT2D eigenvalue weighted by atomic mass is 16.5. The van der Waals surface area contributed by atoms with Gasteiger partial charge >= 0.3 is 0 Å². The summed E-state index contributed by atoms with van der Waals surface area (Å²) in [5.41, 5.74) is 1.16. The van der Waals surface area contributed by atoms with Crippen molar-refractivity contribution in [3.05, 3.63) is 42.0 Å². The van der Waals surface area contributed by atoms with E-state index in [1.165, 1.54) is 0 Å². The van der Waals surface area contributed by atoms with Crippen LogP contribution in [0.5, 0.6) is 5.75 Å². The van der Waals surface area contributed by atoms with Gasteiger partial charge in [0, 0.05) is 24.6 Å². The number of nitrogens with one attached hydrogen (secondary N) is 1. The van der Waals surface area contributed by atoms with Crippen LogP contribution in [0, 0.1) is 0 Å². The Morgan fingerprint density at radius 2 is 2.10 bits per heavy atom. The van der Waals surface area contributed by atoms with Gasteiger partial charge in [0.05, 0.1) is 7.11 Å². The Morgan fingerprint density at radius 1 is 1.29 bits per heavy atom. The SMILES string of the molecule is CCCn1ncnc1CC(NCC)c1ccccc1OC. The van der Waals surface area contributed by atoms with E-state index in [4.69, 9.17) is 4.74 Å². The first-order chi connectivity index (χ1) is 10.3. The molecule has 0 bridgehead atoms. The number of para-hydroxylation sites is 1. The summed E-state index contributed by atoms with van der Waals surface area (Å²) >= 11 is 0. The van der Waals surface area contributed by atoms with Crippen LogP contribution in [0.2, 0.25) is 0 Å². The van der Waals surface area contributed by atoms with E-state index in [1.54, 1.807) is 13.4 Å². The summed E-state index contributed by atoms with van der Waals surface area (Å²) in [5, 5.41) is 7.82. The lowest BCUT2D eigenvalue weighted by molar-refractivity contribution is 0.397. The number of aromatic nitrogens is 3. The van der Waals surface area contributed by atoms with E-state index in [0.29, 0.717) is 0 Å². The molecular formula is C16H24N4O. The molecule has 1 atom stereocenters. The molecule has 2 rings (SSSR count). The maximum absolute atomic E-state index is 5.49. The number of aryl methyl sites for hydroxylation is 1. The molecule has 1 N–H and O–H groups in total. The zero-order valence-electron chi connectivity index (χ0n) is 13.0. The van der Waals surface area contributed by atoms with Crippen molar-refractivity contribution in [1.29, 1.82) is 0 Å². The van der Waals surface area contributed by atoms with Gasteiger partial charge in [0.2, 0.25) is 0 Å². The first kappa shape index (κ1) is 15.5. The van der Waals surface area contributed by atoms with Gasteiger partial charge in [-0.2, -0.15) is 5.10 Å². The van der Waals surface area contributed by atoms with Crippen LogP contribution < -0.4 is 10.1 Å². The lowest BCUT2D eigenvalue weighted by atomic mass is 10.0. The minimum Gasteiger partial charge on any atom is -0.496 e. The van der Waals surface area contributed by atoms with E-state index in [1.807, 2.05) is 22.9 Å². The van der Waals surface area contributed by atoms with Crippen LogP contribution in [-0.2, 0) is 13.0 Å². The molecule has 114 valence electrons. The molecule has 5 heteroatoms. The van der Waals surface area contributed by atoms with Crippen molar-refractivity contribution in [2.45, 2.75) is 39.3 Å². The standard InChI is InChI=1S/C16H24N4O/c1-4-10-20-16(18-12-19-20)11-14(17-5-2)13-8-6-7-9-15(13)21-3/h6-9,12,14,17H,4-5,10-11H2,1-3H3. The van der Waals surface area contributed by atoms with E-state index in [0.717, 1.165) is 43.1 Å². The second-order valence-corrected chi connectivity index (χ2v) is 4.96. The third kappa shape index (κ3) is 3.82. The van der Waals surface area contributed by atoms with Crippen molar-refractivity contribution < 1.29 is 4.74 Å². The Morgan fingerprint density at radius 3 is 2.81 bits per heavy atom. The van der Waals surface area contributed by atoms with Gasteiger partial charge in [-0.1, -0.05) is 32.0 Å². The fraction of sp³-hybridized carbons (Fsp3) is 0.500. The van der Waals surface area contributed by atoms with E-state index >= 15 is 0 Å². The molecule has 0 aliphatic carbocycles. The lowest BCUT2D eigenvalue weighted by Gasteiger charge is -2.20. The second-order valence-electron chi connectivity index (χ2n) is 4.96. The molecule has 21 heavy (non-hydrogen) atoms. The number of methoxy groups -OCH3 is 1. The lowest BCUT2D eigenvalue weighted by Crippen LogP contribution is -2.25. The third-order valence-electron chi connectivity index (χ3n) is 3.48. The molecule has 0 aliphatic heterocycles. The van der Waals surface area contributed by atoms with E-state index in [-0.39, 0.29) is 6.04 Å². The van der Waals surface area contributed by atoms with Crippen LogP contribution in [0.15, 0.2) is 30.6 Å². The summed E-state index contributed by atoms with van der Waals surface area (Å²) in [6.07, 6.45) is 3.49. The number of nitrogens with zero attached hydrogens (tertiary/aromatic N) is 3. The van der Waals surface area contributed by atoms with Crippen molar-refractivity contribution >= 4 is 0 Å². The quantitative estimate of drug-likeness (QED) is 0.811. The highest BCUT2D eigenvalue weighted by molar-refractivity contribution is 5.36. The van der Waals surface area contributed by atoms with Gasteiger partial charge in [-0.25, -0.2) is 4.98 Å². The molecule has 0 fully saturated rings. The Hall–Kier alpha value is -1.88. The Balaban J connectivity index is 2.24. The molecule has 2 aromatic rings. The molecule has 0 aliphatic rings. The average Bonchev–Trinajstić information content (AvgIpc) is 2.94. The monoisotopic (exact) mass is 288 g/mol. The van der Waals surface area contributed by atoms with Crippen molar-refractivity contribution in [3.8, 4) is 5.75 Å². The van der Waals surface area contributed by atoms with Gasteiger partial charge in [0.1, 0.15) is 17.9 Å². The van der Waals surface area contributed by atoms with Gasteiger partial charge in [-0.3, -0.25) is 4.68 Å². The highest BCUT2D eigenvalue weighted by Gasteiger charge is 2.18. The van der Waals surface area contributed by atoms with Crippen molar-refractivity contribution in [2.75, 3.05) is 13.7 Å². The van der Waals surface area contributed by atoms with Crippen molar-refractivity contribution in [2.24, 2.45) is 0 Å². The molecule has 0 radical (unpaired) electrons. The number of ether oxygens (including phenoxy) is 1. The summed E-state index contributed by atoms with van der Waals surface area (Å²) in [4.78, 5) is 4.41.